The van der Waals surface area contributed by atoms with Gasteiger partial charge >= 0.3 is 0 Å². The third-order valence-corrected chi connectivity index (χ3v) is 5.42. The Labute approximate surface area is 173 Å². The van der Waals surface area contributed by atoms with Crippen LogP contribution in [0.15, 0.2) is 71.3 Å². The maximum atomic E-state index is 6.22. The highest BCUT2D eigenvalue weighted by Gasteiger charge is 2.22. The molecule has 4 aromatic rings. The van der Waals surface area contributed by atoms with Gasteiger partial charge in [0.05, 0.1) is 11.9 Å². The number of aromatic nitrogens is 1. The van der Waals surface area contributed by atoms with E-state index in [0.29, 0.717) is 0 Å². The highest BCUT2D eigenvalue weighted by Crippen LogP contribution is 2.36. The monoisotopic (exact) mass is 383 g/mol. The topological polar surface area (TPSA) is 26.0 Å². The minimum Gasteiger partial charge on any atom is -0.454 e. The van der Waals surface area contributed by atoms with Crippen LogP contribution in [0.25, 0.3) is 33.6 Å². The van der Waals surface area contributed by atoms with Crippen molar-refractivity contribution in [2.45, 2.75) is 52.4 Å². The Kier molecular flexibility index (Phi) is 4.61. The second kappa shape index (κ2) is 6.88. The van der Waals surface area contributed by atoms with Crippen molar-refractivity contribution in [1.82, 2.24) is 4.98 Å². The zero-order valence-electron chi connectivity index (χ0n) is 18.2. The molecule has 0 saturated heterocycles. The van der Waals surface area contributed by atoms with E-state index in [4.69, 9.17) is 4.42 Å². The zero-order chi connectivity index (χ0) is 20.8. The molecule has 0 fully saturated rings. The lowest BCUT2D eigenvalue weighted by Crippen LogP contribution is -2.16. The first-order valence-corrected chi connectivity index (χ1v) is 10.2. The van der Waals surface area contributed by atoms with Gasteiger partial charge in [0.15, 0.2) is 5.58 Å². The van der Waals surface area contributed by atoms with E-state index < -0.39 is 0 Å². The van der Waals surface area contributed by atoms with Gasteiger partial charge in [0.1, 0.15) is 5.76 Å². The minimum absolute atomic E-state index is 0.0735. The standard InChI is InChI=1S/C27H29NO/c1-26(2,3)21-12-19(13-22(16-21)27(4,5)6)24-15-20-14-23(28-17-25(20)29-24)18-10-8-7-9-11-18/h7-17H,1-6H3. The molecule has 0 aliphatic rings. The van der Waals surface area contributed by atoms with Crippen LogP contribution in [0.4, 0.5) is 0 Å². The second-order valence-corrected chi connectivity index (χ2v) is 9.88. The van der Waals surface area contributed by atoms with Gasteiger partial charge in [0, 0.05) is 16.5 Å². The third kappa shape index (κ3) is 3.98. The van der Waals surface area contributed by atoms with Crippen LogP contribution in [0.3, 0.4) is 0 Å². The number of hydrogen-bond acceptors (Lipinski definition) is 2. The van der Waals surface area contributed by atoms with E-state index in [1.165, 1.54) is 11.1 Å². The van der Waals surface area contributed by atoms with Crippen molar-refractivity contribution in [3.63, 3.8) is 0 Å². The summed E-state index contributed by atoms with van der Waals surface area (Å²) >= 11 is 0. The van der Waals surface area contributed by atoms with E-state index in [1.54, 1.807) is 0 Å². The molecular weight excluding hydrogens is 354 g/mol. The summed E-state index contributed by atoms with van der Waals surface area (Å²) in [5.41, 5.74) is 6.81. The Morgan fingerprint density at radius 2 is 1.31 bits per heavy atom. The van der Waals surface area contributed by atoms with E-state index in [-0.39, 0.29) is 10.8 Å². The molecule has 0 atom stereocenters. The van der Waals surface area contributed by atoms with Gasteiger partial charge in [-0.25, -0.2) is 0 Å². The van der Waals surface area contributed by atoms with Crippen molar-refractivity contribution < 1.29 is 4.42 Å². The van der Waals surface area contributed by atoms with E-state index in [2.05, 4.69) is 89.0 Å². The lowest BCUT2D eigenvalue weighted by molar-refractivity contribution is 0.567. The van der Waals surface area contributed by atoms with Gasteiger partial charge in [-0.05, 0) is 46.2 Å². The number of hydrogen-bond donors (Lipinski definition) is 0. The van der Waals surface area contributed by atoms with E-state index in [0.717, 1.165) is 33.6 Å². The lowest BCUT2D eigenvalue weighted by Gasteiger charge is -2.26. The minimum atomic E-state index is 0.0735. The molecule has 0 saturated carbocycles. The Bertz CT molecular complexity index is 1120. The number of fused-ring (bicyclic) bond motifs is 1. The van der Waals surface area contributed by atoms with Crippen LogP contribution in [0.5, 0.6) is 0 Å². The average Bonchev–Trinajstić information content (AvgIpc) is 3.10. The number of rotatable bonds is 2. The van der Waals surface area contributed by atoms with Crippen LogP contribution in [0.2, 0.25) is 0 Å². The smallest absolute Gasteiger partial charge is 0.153 e. The molecule has 29 heavy (non-hydrogen) atoms. The quantitative estimate of drug-likeness (QED) is 0.353. The van der Waals surface area contributed by atoms with E-state index >= 15 is 0 Å². The lowest BCUT2D eigenvalue weighted by atomic mass is 9.79. The molecular formula is C27H29NO. The Morgan fingerprint density at radius 1 is 0.690 bits per heavy atom. The molecule has 0 spiro atoms. The molecule has 0 unspecified atom stereocenters. The Hall–Kier alpha value is -2.87. The number of furan rings is 1. The van der Waals surface area contributed by atoms with Crippen molar-refractivity contribution in [1.29, 1.82) is 0 Å². The van der Waals surface area contributed by atoms with Crippen molar-refractivity contribution >= 4 is 11.0 Å². The maximum absolute atomic E-state index is 6.22. The normalized spacial score (nSPS) is 12.5. The van der Waals surface area contributed by atoms with Crippen LogP contribution in [-0.4, -0.2) is 4.98 Å². The Balaban J connectivity index is 1.84. The van der Waals surface area contributed by atoms with Crippen LogP contribution in [0, 0.1) is 0 Å². The maximum Gasteiger partial charge on any atom is 0.153 e. The summed E-state index contributed by atoms with van der Waals surface area (Å²) in [6, 6.07) is 21.4. The molecule has 0 amide bonds. The fourth-order valence-corrected chi connectivity index (χ4v) is 3.49. The first-order chi connectivity index (χ1) is 13.6. The number of pyridine rings is 1. The third-order valence-electron chi connectivity index (χ3n) is 5.42. The highest BCUT2D eigenvalue weighted by atomic mass is 16.3. The van der Waals surface area contributed by atoms with Gasteiger partial charge in [-0.3, -0.25) is 4.98 Å². The van der Waals surface area contributed by atoms with Gasteiger partial charge in [0.2, 0.25) is 0 Å². The van der Waals surface area contributed by atoms with Crippen molar-refractivity contribution in [2.24, 2.45) is 0 Å². The fraction of sp³-hybridized carbons (Fsp3) is 0.296. The number of nitrogens with zero attached hydrogens (tertiary/aromatic N) is 1. The molecule has 0 N–H and O–H groups in total. The first-order valence-electron chi connectivity index (χ1n) is 10.2. The molecule has 2 nitrogen and oxygen atoms in total. The van der Waals surface area contributed by atoms with Crippen molar-refractivity contribution in [3.05, 3.63) is 78.0 Å². The molecule has 4 rings (SSSR count). The summed E-state index contributed by atoms with van der Waals surface area (Å²) in [6.45, 7) is 13.5. The second-order valence-electron chi connectivity index (χ2n) is 9.88. The summed E-state index contributed by atoms with van der Waals surface area (Å²) in [5, 5.41) is 1.08. The predicted octanol–water partition coefficient (Wildman–Crippen LogP) is 7.76. The predicted molar refractivity (Wildman–Crippen MR) is 122 cm³/mol. The van der Waals surface area contributed by atoms with Gasteiger partial charge in [0.25, 0.3) is 0 Å². The molecule has 2 aromatic carbocycles. The first kappa shape index (κ1) is 19.4. The summed E-state index contributed by atoms with van der Waals surface area (Å²) in [5.74, 6) is 0.892. The van der Waals surface area contributed by atoms with Crippen LogP contribution in [0.1, 0.15) is 52.7 Å². The van der Waals surface area contributed by atoms with Crippen LogP contribution >= 0.6 is 0 Å². The van der Waals surface area contributed by atoms with Crippen LogP contribution in [-0.2, 0) is 10.8 Å². The van der Waals surface area contributed by atoms with Gasteiger partial charge in [-0.15, -0.1) is 0 Å². The largest absolute Gasteiger partial charge is 0.454 e. The molecule has 2 heteroatoms. The average molecular weight is 384 g/mol. The zero-order valence-corrected chi connectivity index (χ0v) is 18.2. The molecule has 148 valence electrons. The Morgan fingerprint density at radius 3 is 1.90 bits per heavy atom. The molecule has 0 bridgehead atoms. The summed E-state index contributed by atoms with van der Waals surface area (Å²) in [4.78, 5) is 4.60. The fourth-order valence-electron chi connectivity index (χ4n) is 3.49. The van der Waals surface area contributed by atoms with Crippen molar-refractivity contribution in [3.8, 4) is 22.6 Å². The van der Waals surface area contributed by atoms with Gasteiger partial charge in [-0.1, -0.05) is 77.9 Å². The van der Waals surface area contributed by atoms with E-state index in [9.17, 15) is 0 Å². The summed E-state index contributed by atoms with van der Waals surface area (Å²) < 4.78 is 6.22. The van der Waals surface area contributed by atoms with Crippen molar-refractivity contribution in [2.75, 3.05) is 0 Å². The number of benzene rings is 2. The summed E-state index contributed by atoms with van der Waals surface area (Å²) in [7, 11) is 0. The van der Waals surface area contributed by atoms with E-state index in [1.807, 2.05) is 24.4 Å². The molecule has 0 aliphatic heterocycles. The molecule has 0 aliphatic carbocycles. The SMILES string of the molecule is CC(C)(C)c1cc(-c2cc3cc(-c4ccccc4)ncc3o2)cc(C(C)(C)C)c1. The molecule has 0 radical (unpaired) electrons. The molecule has 2 heterocycles. The summed E-state index contributed by atoms with van der Waals surface area (Å²) in [6.07, 6.45) is 1.83. The van der Waals surface area contributed by atoms with Gasteiger partial charge < -0.3 is 4.42 Å². The highest BCUT2D eigenvalue weighted by molar-refractivity contribution is 5.85. The molecule has 2 aromatic heterocycles. The van der Waals surface area contributed by atoms with Crippen LogP contribution < -0.4 is 0 Å². The van der Waals surface area contributed by atoms with Gasteiger partial charge in [-0.2, -0.15) is 0 Å².